The highest BCUT2D eigenvalue weighted by molar-refractivity contribution is 6.25. The maximum atomic E-state index is 5.12. The largest absolute Gasteiger partial charge is 0.264 e. The first kappa shape index (κ1) is 26.2. The van der Waals surface area contributed by atoms with Gasteiger partial charge < -0.3 is 0 Å². The van der Waals surface area contributed by atoms with Crippen LogP contribution in [-0.2, 0) is 0 Å². The van der Waals surface area contributed by atoms with Gasteiger partial charge in [-0.05, 0) is 67.2 Å². The minimum Gasteiger partial charge on any atom is -0.264 e. The van der Waals surface area contributed by atoms with Crippen molar-refractivity contribution in [3.63, 3.8) is 0 Å². The zero-order chi connectivity index (χ0) is 30.5. The highest BCUT2D eigenvalue weighted by atomic mass is 14.9. The number of nitrogens with zero attached hydrogens (tertiary/aromatic N) is 3. The normalized spacial score (nSPS) is 11.5. The first-order chi connectivity index (χ1) is 22.8. The Labute approximate surface area is 266 Å². The second-order valence-corrected chi connectivity index (χ2v) is 11.7. The third-order valence-electron chi connectivity index (χ3n) is 8.93. The summed E-state index contributed by atoms with van der Waals surface area (Å²) >= 11 is 0. The molecule has 0 aliphatic heterocycles. The van der Waals surface area contributed by atoms with Crippen molar-refractivity contribution in [2.75, 3.05) is 0 Å². The van der Waals surface area contributed by atoms with E-state index in [1.165, 1.54) is 43.4 Å². The van der Waals surface area contributed by atoms with E-state index in [0.717, 1.165) is 39.2 Å². The molecule has 0 aliphatic rings. The van der Waals surface area contributed by atoms with E-state index in [9.17, 15) is 0 Å². The third-order valence-corrected chi connectivity index (χ3v) is 8.93. The lowest BCUT2D eigenvalue weighted by Gasteiger charge is -2.14. The Hall–Kier alpha value is -6.19. The zero-order valence-corrected chi connectivity index (χ0v) is 24.9. The predicted molar refractivity (Wildman–Crippen MR) is 191 cm³/mol. The highest BCUT2D eigenvalue weighted by Gasteiger charge is 2.14. The minimum atomic E-state index is 0.699. The van der Waals surface area contributed by atoms with E-state index >= 15 is 0 Å². The van der Waals surface area contributed by atoms with Gasteiger partial charge in [0.15, 0.2) is 5.82 Å². The van der Waals surface area contributed by atoms with E-state index < -0.39 is 0 Å². The molecule has 0 saturated carbocycles. The molecule has 0 fully saturated rings. The fraction of sp³-hybridized carbons (Fsp3) is 0. The number of aromatic nitrogens is 3. The Bertz CT molecular complexity index is 2490. The van der Waals surface area contributed by atoms with Crippen molar-refractivity contribution in [3.05, 3.63) is 164 Å². The average Bonchev–Trinajstić information content (AvgIpc) is 3.14. The third kappa shape index (κ3) is 4.49. The van der Waals surface area contributed by atoms with E-state index in [0.29, 0.717) is 5.82 Å². The molecule has 0 spiro atoms. The van der Waals surface area contributed by atoms with Gasteiger partial charge in [-0.3, -0.25) is 4.98 Å². The summed E-state index contributed by atoms with van der Waals surface area (Å²) < 4.78 is 0. The van der Waals surface area contributed by atoms with Crippen LogP contribution in [0.3, 0.4) is 0 Å². The molecule has 0 saturated heterocycles. The van der Waals surface area contributed by atoms with Crippen molar-refractivity contribution in [1.29, 1.82) is 0 Å². The Morgan fingerprint density at radius 1 is 0.370 bits per heavy atom. The summed E-state index contributed by atoms with van der Waals surface area (Å²) in [5, 5.41) is 7.76. The molecule has 0 atom stereocenters. The van der Waals surface area contributed by atoms with Gasteiger partial charge in [-0.2, -0.15) is 0 Å². The molecule has 2 aromatic heterocycles. The van der Waals surface area contributed by atoms with E-state index in [-0.39, 0.29) is 0 Å². The Morgan fingerprint density at radius 2 is 1.00 bits per heavy atom. The molecule has 7 aromatic carbocycles. The molecule has 0 aliphatic carbocycles. The van der Waals surface area contributed by atoms with Gasteiger partial charge in [-0.15, -0.1) is 0 Å². The van der Waals surface area contributed by atoms with Crippen molar-refractivity contribution in [1.82, 2.24) is 15.0 Å². The number of benzene rings is 7. The summed E-state index contributed by atoms with van der Waals surface area (Å²) in [7, 11) is 0. The topological polar surface area (TPSA) is 38.7 Å². The molecule has 0 N–H and O–H groups in total. The monoisotopic (exact) mass is 585 g/mol. The highest BCUT2D eigenvalue weighted by Crippen LogP contribution is 2.39. The lowest BCUT2D eigenvalue weighted by atomic mass is 9.90. The molecule has 9 rings (SSSR count). The number of hydrogen-bond donors (Lipinski definition) is 0. The lowest BCUT2D eigenvalue weighted by molar-refractivity contribution is 1.18. The van der Waals surface area contributed by atoms with Gasteiger partial charge in [0.1, 0.15) is 0 Å². The van der Waals surface area contributed by atoms with Crippen LogP contribution in [0.1, 0.15) is 0 Å². The molecule has 3 heteroatoms. The quantitative estimate of drug-likeness (QED) is 0.189. The summed E-state index contributed by atoms with van der Waals surface area (Å²) in [6, 6.07) is 53.6. The van der Waals surface area contributed by atoms with Crippen molar-refractivity contribution in [2.45, 2.75) is 0 Å². The minimum absolute atomic E-state index is 0.699. The summed E-state index contributed by atoms with van der Waals surface area (Å²) in [6.45, 7) is 0. The van der Waals surface area contributed by atoms with E-state index in [1.807, 2.05) is 30.5 Å². The van der Waals surface area contributed by atoms with Crippen molar-refractivity contribution in [3.8, 4) is 56.2 Å². The average molecular weight is 586 g/mol. The fourth-order valence-electron chi connectivity index (χ4n) is 6.66. The van der Waals surface area contributed by atoms with E-state index in [1.54, 1.807) is 6.20 Å². The summed E-state index contributed by atoms with van der Waals surface area (Å²) in [4.78, 5) is 14.5. The lowest BCUT2D eigenvalue weighted by Crippen LogP contribution is -1.96. The van der Waals surface area contributed by atoms with Crippen LogP contribution in [0.2, 0.25) is 0 Å². The van der Waals surface area contributed by atoms with Crippen LogP contribution in [0.5, 0.6) is 0 Å². The maximum absolute atomic E-state index is 5.12. The molecule has 9 aromatic rings. The maximum Gasteiger partial charge on any atom is 0.160 e. The molecule has 0 bridgehead atoms. The van der Waals surface area contributed by atoms with E-state index in [4.69, 9.17) is 9.97 Å². The molecule has 214 valence electrons. The van der Waals surface area contributed by atoms with Gasteiger partial charge in [0, 0.05) is 34.6 Å². The molecular formula is C43H27N3. The second-order valence-electron chi connectivity index (χ2n) is 11.7. The van der Waals surface area contributed by atoms with Gasteiger partial charge in [-0.1, -0.05) is 133 Å². The molecule has 3 nitrogen and oxygen atoms in total. The van der Waals surface area contributed by atoms with Crippen LogP contribution in [0.4, 0.5) is 0 Å². The standard InChI is InChI=1S/C43H27N3/c1-2-7-29(8-3-1)39-26-40(35-12-5-11-34(25-35)36-13-6-24-44-27-36)46-43(45-39)33-18-14-28(15-19-33)37-22-20-32-17-16-30-9-4-10-31-21-23-38(37)42(32)41(30)31/h1-27H. The Morgan fingerprint density at radius 3 is 1.78 bits per heavy atom. The van der Waals surface area contributed by atoms with Crippen molar-refractivity contribution >= 4 is 32.3 Å². The van der Waals surface area contributed by atoms with Gasteiger partial charge in [0.2, 0.25) is 0 Å². The van der Waals surface area contributed by atoms with Crippen LogP contribution in [-0.4, -0.2) is 15.0 Å². The van der Waals surface area contributed by atoms with Crippen molar-refractivity contribution in [2.24, 2.45) is 0 Å². The smallest absolute Gasteiger partial charge is 0.160 e. The molecule has 2 heterocycles. The molecule has 46 heavy (non-hydrogen) atoms. The van der Waals surface area contributed by atoms with Crippen LogP contribution < -0.4 is 0 Å². The SMILES string of the molecule is c1ccc(-c2cc(-c3cccc(-c4cccnc4)c3)nc(-c3ccc(-c4ccc5ccc6cccc7ccc4c5c67)cc3)n2)cc1. The predicted octanol–water partition coefficient (Wildman–Crippen LogP) is 11.1. The zero-order valence-electron chi connectivity index (χ0n) is 24.9. The number of rotatable bonds is 5. The van der Waals surface area contributed by atoms with Crippen LogP contribution in [0.15, 0.2) is 164 Å². The first-order valence-corrected chi connectivity index (χ1v) is 15.5. The summed E-state index contributed by atoms with van der Waals surface area (Å²) in [5.74, 6) is 0.699. The molecule has 0 radical (unpaired) electrons. The Kier molecular flexibility index (Phi) is 6.14. The Balaban J connectivity index is 1.15. The van der Waals surface area contributed by atoms with Crippen LogP contribution in [0, 0.1) is 0 Å². The van der Waals surface area contributed by atoms with E-state index in [2.05, 4.69) is 132 Å². The van der Waals surface area contributed by atoms with Crippen molar-refractivity contribution < 1.29 is 0 Å². The van der Waals surface area contributed by atoms with Gasteiger partial charge >= 0.3 is 0 Å². The van der Waals surface area contributed by atoms with Gasteiger partial charge in [-0.25, -0.2) is 9.97 Å². The number of pyridine rings is 1. The second kappa shape index (κ2) is 10.8. The van der Waals surface area contributed by atoms with Gasteiger partial charge in [0.05, 0.1) is 11.4 Å². The van der Waals surface area contributed by atoms with Gasteiger partial charge in [0.25, 0.3) is 0 Å². The molecule has 0 unspecified atom stereocenters. The molecule has 0 amide bonds. The fourth-order valence-corrected chi connectivity index (χ4v) is 6.66. The summed E-state index contributed by atoms with van der Waals surface area (Å²) in [5.41, 5.74) is 9.41. The van der Waals surface area contributed by atoms with Crippen LogP contribution >= 0.6 is 0 Å². The van der Waals surface area contributed by atoms with Crippen LogP contribution in [0.25, 0.3) is 88.5 Å². The molecular weight excluding hydrogens is 558 g/mol. The number of hydrogen-bond acceptors (Lipinski definition) is 3. The first-order valence-electron chi connectivity index (χ1n) is 15.5. The summed E-state index contributed by atoms with van der Waals surface area (Å²) in [6.07, 6.45) is 3.69.